The van der Waals surface area contributed by atoms with Gasteiger partial charge in [0.25, 0.3) is 0 Å². The Morgan fingerprint density at radius 2 is 1.84 bits per heavy atom. The summed E-state index contributed by atoms with van der Waals surface area (Å²) < 4.78 is 39.0. The first-order valence-electron chi connectivity index (χ1n) is 8.42. The molecule has 3 nitrogen and oxygen atoms in total. The molecule has 2 atom stereocenters. The van der Waals surface area contributed by atoms with Crippen LogP contribution in [-0.2, 0) is 16.6 Å². The number of amides is 1. The number of carbonyl (C=O) groups excluding carboxylic acids is 2. The van der Waals surface area contributed by atoms with Crippen LogP contribution < -0.4 is 0 Å². The molecule has 1 heterocycles. The Bertz CT molecular complexity index is 754. The van der Waals surface area contributed by atoms with Crippen molar-refractivity contribution >= 4 is 11.7 Å². The standard InChI is InChI=1S/C19H22F3NO2/c1-11(24)12-5-6-13-10-15-17(2,3)18(4,14(13)9-12)7-8-23(15)16(25)19(20,21)22/h5-6,9,15H,7-8,10H2,1-4H3. The smallest absolute Gasteiger partial charge is 0.331 e. The van der Waals surface area contributed by atoms with Crippen LogP contribution in [0.25, 0.3) is 0 Å². The summed E-state index contributed by atoms with van der Waals surface area (Å²) in [5.41, 5.74) is 1.65. The minimum absolute atomic E-state index is 0.0315. The molecular weight excluding hydrogens is 331 g/mol. The van der Waals surface area contributed by atoms with E-state index in [0.29, 0.717) is 18.4 Å². The number of rotatable bonds is 1. The zero-order valence-corrected chi connectivity index (χ0v) is 14.8. The molecule has 0 radical (unpaired) electrons. The molecule has 1 aliphatic carbocycles. The molecule has 1 fully saturated rings. The Labute approximate surface area is 145 Å². The number of benzene rings is 1. The summed E-state index contributed by atoms with van der Waals surface area (Å²) in [5.74, 6) is -1.78. The third-order valence-corrected chi connectivity index (χ3v) is 6.51. The number of likely N-dealkylation sites (tertiary alicyclic amines) is 1. The van der Waals surface area contributed by atoms with Gasteiger partial charge in [-0.25, -0.2) is 0 Å². The zero-order valence-electron chi connectivity index (χ0n) is 14.8. The van der Waals surface area contributed by atoms with Crippen molar-refractivity contribution < 1.29 is 22.8 Å². The molecule has 0 spiro atoms. The number of hydrogen-bond acceptors (Lipinski definition) is 2. The summed E-state index contributed by atoms with van der Waals surface area (Å²) in [4.78, 5) is 24.7. The average Bonchev–Trinajstić information content (AvgIpc) is 2.49. The Balaban J connectivity index is 2.11. The minimum Gasteiger partial charge on any atom is -0.331 e. The third kappa shape index (κ3) is 2.49. The normalized spacial score (nSPS) is 27.6. The van der Waals surface area contributed by atoms with Crippen LogP contribution >= 0.6 is 0 Å². The fourth-order valence-corrected chi connectivity index (χ4v) is 4.53. The van der Waals surface area contributed by atoms with Crippen molar-refractivity contribution in [1.29, 1.82) is 0 Å². The number of ketones is 1. The first-order valence-corrected chi connectivity index (χ1v) is 8.42. The molecule has 1 amide bonds. The summed E-state index contributed by atoms with van der Waals surface area (Å²) >= 11 is 0. The molecule has 1 aromatic carbocycles. The molecule has 2 unspecified atom stereocenters. The molecule has 0 saturated carbocycles. The van der Waals surface area contributed by atoms with E-state index >= 15 is 0 Å². The van der Waals surface area contributed by atoms with Crippen LogP contribution in [0.2, 0.25) is 0 Å². The van der Waals surface area contributed by atoms with Gasteiger partial charge < -0.3 is 4.90 Å². The van der Waals surface area contributed by atoms with Crippen molar-refractivity contribution in [3.8, 4) is 0 Å². The van der Waals surface area contributed by atoms with Crippen molar-refractivity contribution in [2.24, 2.45) is 5.41 Å². The van der Waals surface area contributed by atoms with Crippen LogP contribution in [0.4, 0.5) is 13.2 Å². The second-order valence-corrected chi connectivity index (χ2v) is 7.95. The van der Waals surface area contributed by atoms with E-state index in [9.17, 15) is 22.8 Å². The van der Waals surface area contributed by atoms with Crippen molar-refractivity contribution in [1.82, 2.24) is 4.90 Å². The van der Waals surface area contributed by atoms with E-state index in [1.807, 2.05) is 32.9 Å². The van der Waals surface area contributed by atoms with Gasteiger partial charge in [0, 0.05) is 23.6 Å². The van der Waals surface area contributed by atoms with Crippen LogP contribution in [-0.4, -0.2) is 35.4 Å². The summed E-state index contributed by atoms with van der Waals surface area (Å²) in [6.07, 6.45) is -4.05. The van der Waals surface area contributed by atoms with Crippen molar-refractivity contribution in [3.05, 3.63) is 34.9 Å². The molecule has 0 N–H and O–H groups in total. The maximum Gasteiger partial charge on any atom is 0.471 e. The number of fused-ring (bicyclic) bond motifs is 4. The van der Waals surface area contributed by atoms with Crippen LogP contribution in [0, 0.1) is 5.41 Å². The summed E-state index contributed by atoms with van der Waals surface area (Å²) in [7, 11) is 0. The van der Waals surface area contributed by atoms with Gasteiger partial charge in [0.05, 0.1) is 0 Å². The Hall–Kier alpha value is -1.85. The van der Waals surface area contributed by atoms with Gasteiger partial charge in [0.1, 0.15) is 0 Å². The zero-order chi connectivity index (χ0) is 18.8. The van der Waals surface area contributed by atoms with E-state index in [1.54, 1.807) is 6.07 Å². The lowest BCUT2D eigenvalue weighted by atomic mass is 9.51. The highest BCUT2D eigenvalue weighted by molar-refractivity contribution is 5.94. The summed E-state index contributed by atoms with van der Waals surface area (Å²) in [5, 5.41) is 0. The third-order valence-electron chi connectivity index (χ3n) is 6.51. The predicted molar refractivity (Wildman–Crippen MR) is 87.5 cm³/mol. The molecule has 0 aromatic heterocycles. The Morgan fingerprint density at radius 3 is 2.40 bits per heavy atom. The topological polar surface area (TPSA) is 37.4 Å². The Morgan fingerprint density at radius 1 is 1.20 bits per heavy atom. The number of halogens is 3. The SMILES string of the molecule is CC(=O)c1ccc2c(c1)C1(C)CCN(C(=O)C(F)(F)F)C(C2)C1(C)C. The summed E-state index contributed by atoms with van der Waals surface area (Å²) in [6, 6.07) is 4.91. The molecule has 136 valence electrons. The average molecular weight is 353 g/mol. The lowest BCUT2D eigenvalue weighted by Crippen LogP contribution is -2.66. The van der Waals surface area contributed by atoms with E-state index in [4.69, 9.17) is 0 Å². The molecule has 1 saturated heterocycles. The van der Waals surface area contributed by atoms with E-state index in [2.05, 4.69) is 0 Å². The van der Waals surface area contributed by atoms with Crippen LogP contribution in [0.15, 0.2) is 18.2 Å². The molecule has 6 heteroatoms. The fraction of sp³-hybridized carbons (Fsp3) is 0.579. The van der Waals surface area contributed by atoms with Gasteiger partial charge in [0.2, 0.25) is 0 Å². The molecule has 3 rings (SSSR count). The fourth-order valence-electron chi connectivity index (χ4n) is 4.53. The van der Waals surface area contributed by atoms with E-state index in [1.165, 1.54) is 6.92 Å². The quantitative estimate of drug-likeness (QED) is 0.718. The van der Waals surface area contributed by atoms with Crippen molar-refractivity contribution in [3.63, 3.8) is 0 Å². The number of hydrogen-bond donors (Lipinski definition) is 0. The first-order chi connectivity index (χ1) is 11.4. The monoisotopic (exact) mass is 353 g/mol. The summed E-state index contributed by atoms with van der Waals surface area (Å²) in [6.45, 7) is 7.48. The highest BCUT2D eigenvalue weighted by Gasteiger charge is 2.59. The highest BCUT2D eigenvalue weighted by Crippen LogP contribution is 2.56. The Kier molecular flexibility index (Phi) is 3.82. The second-order valence-electron chi connectivity index (χ2n) is 7.95. The van der Waals surface area contributed by atoms with Gasteiger partial charge in [-0.2, -0.15) is 13.2 Å². The van der Waals surface area contributed by atoms with E-state index in [-0.39, 0.29) is 17.7 Å². The van der Waals surface area contributed by atoms with Crippen LogP contribution in [0.1, 0.15) is 55.6 Å². The maximum atomic E-state index is 13.0. The van der Waals surface area contributed by atoms with Crippen LogP contribution in [0.3, 0.4) is 0 Å². The molecule has 2 aliphatic rings. The van der Waals surface area contributed by atoms with Crippen molar-refractivity contribution in [2.45, 2.75) is 58.2 Å². The lowest BCUT2D eigenvalue weighted by Gasteiger charge is -2.60. The van der Waals surface area contributed by atoms with Gasteiger partial charge in [-0.1, -0.05) is 32.9 Å². The van der Waals surface area contributed by atoms with Gasteiger partial charge in [-0.3, -0.25) is 9.59 Å². The van der Waals surface area contributed by atoms with Crippen LogP contribution in [0.5, 0.6) is 0 Å². The predicted octanol–water partition coefficient (Wildman–Crippen LogP) is 3.89. The number of nitrogens with zero attached hydrogens (tertiary/aromatic N) is 1. The number of alkyl halides is 3. The number of carbonyl (C=O) groups is 2. The maximum absolute atomic E-state index is 13.0. The van der Waals surface area contributed by atoms with Gasteiger partial charge >= 0.3 is 12.1 Å². The second kappa shape index (κ2) is 5.32. The van der Waals surface area contributed by atoms with E-state index < -0.39 is 23.5 Å². The lowest BCUT2D eigenvalue weighted by molar-refractivity contribution is -0.195. The van der Waals surface area contributed by atoms with Gasteiger partial charge in [0.15, 0.2) is 5.78 Å². The number of piperidine rings is 1. The van der Waals surface area contributed by atoms with Gasteiger partial charge in [-0.05, 0) is 42.4 Å². The van der Waals surface area contributed by atoms with E-state index in [0.717, 1.165) is 16.0 Å². The number of Topliss-reactive ketones (excluding diaryl/α,β-unsaturated/α-hetero) is 1. The van der Waals surface area contributed by atoms with Gasteiger partial charge in [-0.15, -0.1) is 0 Å². The largest absolute Gasteiger partial charge is 0.471 e. The minimum atomic E-state index is -4.86. The molecule has 25 heavy (non-hydrogen) atoms. The first kappa shape index (κ1) is 18.0. The van der Waals surface area contributed by atoms with Crippen molar-refractivity contribution in [2.75, 3.05) is 6.54 Å². The molecule has 2 bridgehead atoms. The highest BCUT2D eigenvalue weighted by atomic mass is 19.4. The molecule has 1 aliphatic heterocycles. The molecular formula is C19H22F3NO2. The molecule has 1 aromatic rings.